The van der Waals surface area contributed by atoms with Gasteiger partial charge in [-0.05, 0) is 62.3 Å². The molecule has 64 heavy (non-hydrogen) atoms. The molecule has 2 aromatic carbocycles. The molecule has 7 rings (SSSR count). The summed E-state index contributed by atoms with van der Waals surface area (Å²) in [6.45, 7) is 3.94. The van der Waals surface area contributed by atoms with Crippen molar-refractivity contribution in [2.24, 2.45) is 0 Å². The monoisotopic (exact) mass is 905 g/mol. The van der Waals surface area contributed by atoms with Crippen LogP contribution in [0, 0.1) is 11.6 Å². The number of amides is 2. The third kappa shape index (κ3) is 10.4. The molecule has 4 N–H and O–H groups in total. The van der Waals surface area contributed by atoms with E-state index in [2.05, 4.69) is 35.6 Å². The van der Waals surface area contributed by atoms with E-state index < -0.39 is 53.3 Å². The molecule has 5 heterocycles. The highest BCUT2D eigenvalue weighted by Gasteiger charge is 2.46. The van der Waals surface area contributed by atoms with E-state index in [-0.39, 0.29) is 43.4 Å². The molecule has 2 saturated heterocycles. The number of piperazine rings is 1. The Labute approximate surface area is 373 Å². The molecule has 2 aromatic heterocycles. The van der Waals surface area contributed by atoms with E-state index in [1.807, 2.05) is 23.2 Å². The first kappa shape index (κ1) is 46.1. The van der Waals surface area contributed by atoms with Gasteiger partial charge in [0.05, 0.1) is 36.2 Å². The topological polar surface area (TPSA) is 168 Å². The van der Waals surface area contributed by atoms with Crippen molar-refractivity contribution in [2.45, 2.75) is 50.0 Å². The summed E-state index contributed by atoms with van der Waals surface area (Å²) in [4.78, 5) is 68.8. The number of pyridine rings is 1. The second-order valence-corrected chi connectivity index (χ2v) is 17.0. The minimum atomic E-state index is -3.08. The van der Waals surface area contributed by atoms with Gasteiger partial charge in [0.2, 0.25) is 17.8 Å². The van der Waals surface area contributed by atoms with Crippen LogP contribution >= 0.6 is 12.1 Å². The Bertz CT molecular complexity index is 2320. The zero-order chi connectivity index (χ0) is 45.5. The van der Waals surface area contributed by atoms with Crippen LogP contribution in [0.2, 0.25) is 0 Å². The number of ketones is 1. The van der Waals surface area contributed by atoms with E-state index in [9.17, 15) is 19.2 Å². The van der Waals surface area contributed by atoms with Crippen LogP contribution in [0.5, 0.6) is 0 Å². The van der Waals surface area contributed by atoms with Gasteiger partial charge in [0.1, 0.15) is 24.0 Å². The van der Waals surface area contributed by atoms with Crippen molar-refractivity contribution in [3.8, 4) is 11.1 Å². The number of hydrogen-bond acceptors (Lipinski definition) is 14. The number of aldehydes is 1. The Balaban J connectivity index is 0.910. The van der Waals surface area contributed by atoms with Gasteiger partial charge in [-0.15, -0.1) is 0 Å². The zero-order valence-electron chi connectivity index (χ0n) is 35.8. The second-order valence-electron chi connectivity index (χ2n) is 16.0. The van der Waals surface area contributed by atoms with Gasteiger partial charge in [-0.2, -0.15) is 0 Å². The van der Waals surface area contributed by atoms with Crippen molar-refractivity contribution in [1.82, 2.24) is 34.4 Å². The Morgan fingerprint density at radius 1 is 1.00 bits per heavy atom. The number of likely N-dealkylation sites (N-methyl/N-ethyl adjacent to an activating group) is 1. The number of likely N-dealkylation sites (tertiary alicyclic amines) is 1. The first-order valence-electron chi connectivity index (χ1n) is 21.2. The molecule has 0 saturated carbocycles. The molecular formula is C44H51F4N11O4S. The molecule has 0 aliphatic carbocycles. The van der Waals surface area contributed by atoms with Gasteiger partial charge in [0.15, 0.2) is 11.6 Å². The number of halogens is 4. The molecule has 3 aliphatic heterocycles. The van der Waals surface area contributed by atoms with Crippen molar-refractivity contribution in [3.05, 3.63) is 89.4 Å². The standard InChI is InChI=1S/C44H51F4N11O4S/c1-4-56(3)64-55-35-12-11-34(45)38(39(35)46)40(62)32-24-51-41-31(32)20-28(21-50-41)29-22-52-43(53-23-29)59-17-15-58(16-18-59)37(61)25-57-14-13-33(44(47,48)26-57)27-7-9-30(10-8-27)54-36(6-5-19-60)42(63)49-2/h7-12,19-23,32-33,36,54-55H,4-6,13-18,24-26H2,1-3H3,(H,49,63)(H,50,51). The maximum atomic E-state index is 15.6. The van der Waals surface area contributed by atoms with Crippen molar-refractivity contribution >= 4 is 59.2 Å². The minimum absolute atomic E-state index is 0.00279. The van der Waals surface area contributed by atoms with Crippen LogP contribution in [0.3, 0.4) is 0 Å². The Hall–Kier alpha value is -5.86. The van der Waals surface area contributed by atoms with Crippen LogP contribution in [0.1, 0.15) is 59.5 Å². The van der Waals surface area contributed by atoms with Crippen molar-refractivity contribution in [1.29, 1.82) is 0 Å². The molecule has 2 amide bonds. The smallest absolute Gasteiger partial charge is 0.267 e. The molecule has 0 spiro atoms. The maximum Gasteiger partial charge on any atom is 0.267 e. The number of hydrogen-bond donors (Lipinski definition) is 4. The quantitative estimate of drug-likeness (QED) is 0.0460. The average Bonchev–Trinajstić information content (AvgIpc) is 3.73. The fourth-order valence-electron chi connectivity index (χ4n) is 8.15. The first-order chi connectivity index (χ1) is 30.8. The van der Waals surface area contributed by atoms with E-state index >= 15 is 17.6 Å². The molecule has 15 nitrogen and oxygen atoms in total. The third-order valence-electron chi connectivity index (χ3n) is 11.9. The van der Waals surface area contributed by atoms with Gasteiger partial charge in [0.25, 0.3) is 5.92 Å². The summed E-state index contributed by atoms with van der Waals surface area (Å²) in [5, 5.41) is 8.70. The van der Waals surface area contributed by atoms with Gasteiger partial charge in [0, 0.05) is 106 Å². The van der Waals surface area contributed by atoms with E-state index in [0.717, 1.165) is 24.5 Å². The average molecular weight is 906 g/mol. The lowest BCUT2D eigenvalue weighted by molar-refractivity contribution is -0.136. The van der Waals surface area contributed by atoms with Crippen LogP contribution < -0.4 is 25.6 Å². The molecule has 340 valence electrons. The lowest BCUT2D eigenvalue weighted by Crippen LogP contribution is -2.54. The van der Waals surface area contributed by atoms with Crippen LogP contribution in [-0.2, 0) is 14.4 Å². The van der Waals surface area contributed by atoms with E-state index in [1.165, 1.54) is 18.0 Å². The lowest BCUT2D eigenvalue weighted by Gasteiger charge is -2.40. The number of Topliss-reactive ketones (excluding diaryl/α,β-unsaturated/α-hetero) is 1. The number of nitrogens with one attached hydrogen (secondary N) is 4. The first-order valence-corrected chi connectivity index (χ1v) is 21.9. The highest BCUT2D eigenvalue weighted by Crippen LogP contribution is 2.41. The fraction of sp³-hybridized carbons (Fsp3) is 0.432. The SMILES string of the molecule is CCN(C)SNc1ccc(F)c(C(=O)C2CNc3ncc(-c4cnc(N5CCN(C(=O)CN6CCC(c7ccc(NC(CCC=O)C(=O)NC)cc7)C(F)(F)C6)CC5)nc4)cc32)c1F. The molecule has 0 radical (unpaired) electrons. The Morgan fingerprint density at radius 2 is 1.72 bits per heavy atom. The van der Waals surface area contributed by atoms with E-state index in [1.54, 1.807) is 53.8 Å². The van der Waals surface area contributed by atoms with Crippen LogP contribution in [0.25, 0.3) is 11.1 Å². The highest BCUT2D eigenvalue weighted by atomic mass is 32.2. The van der Waals surface area contributed by atoms with E-state index in [4.69, 9.17) is 0 Å². The molecule has 0 bridgehead atoms. The van der Waals surface area contributed by atoms with Gasteiger partial charge < -0.3 is 35.3 Å². The number of anilines is 4. The molecule has 3 atom stereocenters. The molecule has 4 aromatic rings. The summed E-state index contributed by atoms with van der Waals surface area (Å²) in [5.41, 5.74) is 2.14. The van der Waals surface area contributed by atoms with Crippen LogP contribution in [0.15, 0.2) is 61.1 Å². The lowest BCUT2D eigenvalue weighted by atomic mass is 9.86. The maximum absolute atomic E-state index is 15.6. The van der Waals surface area contributed by atoms with Crippen LogP contribution in [-0.4, -0.2) is 138 Å². The number of carbonyl (C=O) groups excluding carboxylic acids is 4. The number of nitrogens with zero attached hydrogens (tertiary/aromatic N) is 7. The predicted octanol–water partition coefficient (Wildman–Crippen LogP) is 5.41. The van der Waals surface area contributed by atoms with Gasteiger partial charge in [-0.25, -0.2) is 36.8 Å². The summed E-state index contributed by atoms with van der Waals surface area (Å²) in [5.74, 6) is -7.25. The van der Waals surface area contributed by atoms with Crippen LogP contribution in [0.4, 0.5) is 40.7 Å². The Kier molecular flexibility index (Phi) is 14.7. The van der Waals surface area contributed by atoms with Crippen molar-refractivity contribution in [2.75, 3.05) is 93.3 Å². The summed E-state index contributed by atoms with van der Waals surface area (Å²) < 4.78 is 66.4. The van der Waals surface area contributed by atoms with Gasteiger partial charge in [-0.1, -0.05) is 19.1 Å². The number of piperidine rings is 1. The summed E-state index contributed by atoms with van der Waals surface area (Å²) in [6.07, 6.45) is 6.25. The zero-order valence-corrected chi connectivity index (χ0v) is 36.6. The molecule has 3 unspecified atom stereocenters. The summed E-state index contributed by atoms with van der Waals surface area (Å²) >= 11 is 1.13. The number of benzene rings is 2. The largest absolute Gasteiger partial charge is 0.374 e. The predicted molar refractivity (Wildman–Crippen MR) is 237 cm³/mol. The van der Waals surface area contributed by atoms with Crippen molar-refractivity contribution in [3.63, 3.8) is 0 Å². The molecular weight excluding hydrogens is 855 g/mol. The minimum Gasteiger partial charge on any atom is -0.374 e. The van der Waals surface area contributed by atoms with Gasteiger partial charge in [-0.3, -0.25) is 19.3 Å². The van der Waals surface area contributed by atoms with Crippen molar-refractivity contribution < 1.29 is 36.7 Å². The normalized spacial score (nSPS) is 18.8. The Morgan fingerprint density at radius 3 is 2.39 bits per heavy atom. The van der Waals surface area contributed by atoms with Gasteiger partial charge >= 0.3 is 0 Å². The van der Waals surface area contributed by atoms with E-state index in [0.29, 0.717) is 85.4 Å². The number of alkyl halides is 2. The summed E-state index contributed by atoms with van der Waals surface area (Å²) in [6, 6.07) is 10.0. The molecule has 3 aliphatic rings. The fourth-order valence-corrected chi connectivity index (χ4v) is 8.69. The highest BCUT2D eigenvalue weighted by molar-refractivity contribution is 7.98. The molecule has 20 heteroatoms. The number of aromatic nitrogens is 3. The second kappa shape index (κ2) is 20.3. The number of fused-ring (bicyclic) bond motifs is 1. The molecule has 2 fully saturated rings. The number of carbonyl (C=O) groups is 4. The summed E-state index contributed by atoms with van der Waals surface area (Å²) in [7, 11) is 3.31. The third-order valence-corrected chi connectivity index (χ3v) is 12.8. The number of rotatable bonds is 17.